The second-order valence-corrected chi connectivity index (χ2v) is 34.3. The van der Waals surface area contributed by atoms with E-state index in [4.69, 9.17) is 9.97 Å². The van der Waals surface area contributed by atoms with Crippen molar-refractivity contribution < 1.29 is 0 Å². The molecule has 5 nitrogen and oxygen atoms in total. The van der Waals surface area contributed by atoms with Crippen LogP contribution >= 0.6 is 0 Å². The fraction of sp³-hybridized carbons (Fsp3) is 0.0909. The molecule has 20 aromatic rings. The lowest BCUT2D eigenvalue weighted by atomic mass is 9.70. The van der Waals surface area contributed by atoms with Crippen molar-refractivity contribution >= 4 is 65.4 Å². The molecule has 0 saturated heterocycles. The molecular formula is C110H75N5. The highest BCUT2D eigenvalue weighted by Crippen LogP contribution is 2.64. The highest BCUT2D eigenvalue weighted by molar-refractivity contribution is 6.14. The Kier molecular flexibility index (Phi) is 12.9. The van der Waals surface area contributed by atoms with Gasteiger partial charge >= 0.3 is 0 Å². The minimum Gasteiger partial charge on any atom is -0.309 e. The smallest absolute Gasteiger partial charge is 0.237 e. The summed E-state index contributed by atoms with van der Waals surface area (Å²) >= 11 is 0. The molecule has 16 aromatic carbocycles. The fourth-order valence-corrected chi connectivity index (χ4v) is 22.1. The topological polar surface area (TPSA) is 40.6 Å². The third-order valence-corrected chi connectivity index (χ3v) is 27.5. The lowest BCUT2D eigenvalue weighted by Crippen LogP contribution is -2.26. The summed E-state index contributed by atoms with van der Waals surface area (Å²) in [6.45, 7) is 14.1. The molecule has 0 radical (unpaired) electrons. The van der Waals surface area contributed by atoms with Gasteiger partial charge in [-0.05, 0) is 236 Å². The van der Waals surface area contributed by atoms with E-state index in [9.17, 15) is 0 Å². The molecule has 540 valence electrons. The summed E-state index contributed by atoms with van der Waals surface area (Å²) in [5, 5.41) is 7.04. The summed E-state index contributed by atoms with van der Waals surface area (Å²) in [6.07, 6.45) is 0. The lowest BCUT2D eigenvalue weighted by molar-refractivity contribution is 0.660. The number of para-hydroxylation sites is 3. The second kappa shape index (κ2) is 22.9. The van der Waals surface area contributed by atoms with Gasteiger partial charge in [-0.3, -0.25) is 9.13 Å². The van der Waals surface area contributed by atoms with E-state index in [1.54, 1.807) is 0 Å². The Balaban J connectivity index is 0.685. The van der Waals surface area contributed by atoms with E-state index in [0.717, 1.165) is 71.9 Å². The zero-order valence-corrected chi connectivity index (χ0v) is 64.6. The van der Waals surface area contributed by atoms with Crippen LogP contribution in [-0.4, -0.2) is 23.7 Å². The van der Waals surface area contributed by atoms with Gasteiger partial charge in [0.05, 0.1) is 44.2 Å². The highest BCUT2D eigenvalue weighted by Gasteiger charge is 2.52. The summed E-state index contributed by atoms with van der Waals surface area (Å²) in [7, 11) is 0. The summed E-state index contributed by atoms with van der Waals surface area (Å²) in [5.74, 6) is 1.37. The average molecular weight is 1470 g/mol. The third-order valence-electron chi connectivity index (χ3n) is 27.5. The molecule has 4 heterocycles. The van der Waals surface area contributed by atoms with E-state index in [2.05, 4.69) is 401 Å². The van der Waals surface area contributed by atoms with Crippen LogP contribution in [0.3, 0.4) is 0 Å². The van der Waals surface area contributed by atoms with Gasteiger partial charge in [0.25, 0.3) is 0 Å². The SMILES string of the molecule is CC1(C)c2ccccc2-c2cc(-c3ccc4c(c3)c3ccccc3n4-c3ccc4c(c3)C3(c5ccccc5-c5ccccc53)c3cc(-c5cc(-n6c7ccccc7c7cc(-c8ccc9c(c8)-c8ccccc8C9(C)C)ccc76)nc(-n6c7ccccc7c7cc(-c8ccc9c(c8)-c8ccccc8C9(C)C)ccc76)n5)ccc3-4)ccc21. The molecule has 5 aliphatic rings. The summed E-state index contributed by atoms with van der Waals surface area (Å²) < 4.78 is 7.22. The Bertz CT molecular complexity index is 7480. The minimum atomic E-state index is -0.707. The summed E-state index contributed by atoms with van der Waals surface area (Å²) in [4.78, 5) is 11.9. The van der Waals surface area contributed by atoms with Crippen molar-refractivity contribution in [2.45, 2.75) is 63.2 Å². The minimum absolute atomic E-state index is 0.0632. The fourth-order valence-electron chi connectivity index (χ4n) is 22.1. The van der Waals surface area contributed by atoms with E-state index < -0.39 is 5.41 Å². The maximum Gasteiger partial charge on any atom is 0.237 e. The van der Waals surface area contributed by atoms with Gasteiger partial charge in [0, 0.05) is 65.9 Å². The molecule has 5 aliphatic carbocycles. The molecule has 115 heavy (non-hydrogen) atoms. The zero-order chi connectivity index (χ0) is 76.3. The van der Waals surface area contributed by atoms with Gasteiger partial charge in [0.15, 0.2) is 0 Å². The first-order valence-electron chi connectivity index (χ1n) is 40.5. The van der Waals surface area contributed by atoms with Crippen molar-refractivity contribution in [1.82, 2.24) is 23.7 Å². The number of rotatable bonds is 7. The molecule has 0 atom stereocenters. The van der Waals surface area contributed by atoms with Crippen molar-refractivity contribution in [3.05, 3.63) is 401 Å². The van der Waals surface area contributed by atoms with Crippen molar-refractivity contribution in [3.63, 3.8) is 0 Å². The predicted molar refractivity (Wildman–Crippen MR) is 476 cm³/mol. The van der Waals surface area contributed by atoms with Crippen LogP contribution in [0.25, 0.3) is 183 Å². The molecule has 0 amide bonds. The predicted octanol–water partition coefficient (Wildman–Crippen LogP) is 27.7. The molecule has 0 N–H and O–H groups in total. The first-order valence-corrected chi connectivity index (χ1v) is 40.5. The number of aromatic nitrogens is 5. The van der Waals surface area contributed by atoms with E-state index >= 15 is 0 Å². The average Bonchev–Trinajstić information content (AvgIpc) is 1.50. The molecule has 0 unspecified atom stereocenters. The van der Waals surface area contributed by atoms with Gasteiger partial charge in [-0.15, -0.1) is 0 Å². The van der Waals surface area contributed by atoms with Crippen LogP contribution in [0.5, 0.6) is 0 Å². The second-order valence-electron chi connectivity index (χ2n) is 34.3. The van der Waals surface area contributed by atoms with E-state index in [0.29, 0.717) is 5.95 Å². The number of nitrogens with zero attached hydrogens (tertiary/aromatic N) is 5. The highest BCUT2D eigenvalue weighted by atomic mass is 15.2. The van der Waals surface area contributed by atoms with Gasteiger partial charge in [0.2, 0.25) is 5.95 Å². The summed E-state index contributed by atoms with van der Waals surface area (Å²) in [6, 6.07) is 131. The molecule has 0 fully saturated rings. The first kappa shape index (κ1) is 64.6. The van der Waals surface area contributed by atoms with Crippen LogP contribution in [0, 0.1) is 0 Å². The van der Waals surface area contributed by atoms with E-state index in [1.165, 1.54) is 161 Å². The van der Waals surface area contributed by atoms with Crippen molar-refractivity contribution in [3.8, 4) is 118 Å². The normalized spacial score (nSPS) is 14.8. The number of fused-ring (bicyclic) bond motifs is 28. The lowest BCUT2D eigenvalue weighted by Gasteiger charge is -2.31. The molecule has 1 spiro atoms. The molecule has 4 aromatic heterocycles. The molecule has 0 bridgehead atoms. The van der Waals surface area contributed by atoms with Crippen molar-refractivity contribution in [2.75, 3.05) is 0 Å². The molecular weight excluding hydrogens is 1390 g/mol. The maximum absolute atomic E-state index is 5.95. The van der Waals surface area contributed by atoms with Gasteiger partial charge in [-0.25, -0.2) is 4.98 Å². The Hall–Kier alpha value is -14.0. The van der Waals surface area contributed by atoms with Gasteiger partial charge in [-0.1, -0.05) is 290 Å². The van der Waals surface area contributed by atoms with Crippen LogP contribution in [0.1, 0.15) is 97.2 Å². The Morgan fingerprint density at radius 1 is 0.200 bits per heavy atom. The van der Waals surface area contributed by atoms with Crippen molar-refractivity contribution in [2.24, 2.45) is 0 Å². The van der Waals surface area contributed by atoms with Gasteiger partial charge in [-0.2, -0.15) is 4.98 Å². The first-order chi connectivity index (χ1) is 56.3. The summed E-state index contributed by atoms with van der Waals surface area (Å²) in [5.41, 5.74) is 41.8. The van der Waals surface area contributed by atoms with Gasteiger partial charge < -0.3 is 4.57 Å². The molecule has 25 rings (SSSR count). The molecule has 0 aliphatic heterocycles. The number of hydrogen-bond acceptors (Lipinski definition) is 2. The van der Waals surface area contributed by atoms with Crippen molar-refractivity contribution in [1.29, 1.82) is 0 Å². The Labute approximate surface area is 667 Å². The van der Waals surface area contributed by atoms with Gasteiger partial charge in [0.1, 0.15) is 5.82 Å². The van der Waals surface area contributed by atoms with Crippen LogP contribution in [0.15, 0.2) is 346 Å². The molecule has 0 saturated carbocycles. The maximum atomic E-state index is 5.95. The van der Waals surface area contributed by atoms with E-state index in [1.807, 2.05) is 0 Å². The molecule has 5 heteroatoms. The standard InChI is InChI=1S/C110H75N5/c1-107(2)88-31-15-7-25-74(88)82-55-64(40-49-91(82)107)67-43-52-102-85(58-67)79-28-12-20-36-99(79)113(102)71-46-48-78-77-47-39-70(61-96(77)110(97(78)62-71)94-34-18-10-23-72(94)73-24-11-19-35-95(73)110)98-63-105(114-100-37-21-13-29-80(100)86-59-68(44-53-103(86)114)65-41-50-92-83(56-65)75-26-8-16-32-89(75)108(92,3)4)112-106(111-98)115-101-38-22-14-30-81(101)87-60-69(45-54-104(87)115)66-42-51-93-84(57-66)76-27-9-17-33-90(76)109(93,5)6/h7-63H,1-6H3. The largest absolute Gasteiger partial charge is 0.309 e. The third kappa shape index (κ3) is 8.61. The zero-order valence-electron chi connectivity index (χ0n) is 64.6. The van der Waals surface area contributed by atoms with Crippen LogP contribution in [0.2, 0.25) is 0 Å². The Morgan fingerprint density at radius 2 is 0.513 bits per heavy atom. The number of hydrogen-bond donors (Lipinski definition) is 0. The quantitative estimate of drug-likeness (QED) is 0.160. The van der Waals surface area contributed by atoms with Crippen LogP contribution in [0.4, 0.5) is 0 Å². The van der Waals surface area contributed by atoms with E-state index in [-0.39, 0.29) is 16.2 Å². The van der Waals surface area contributed by atoms with Crippen LogP contribution < -0.4 is 0 Å². The monoisotopic (exact) mass is 1470 g/mol. The number of benzene rings is 16. The Morgan fingerprint density at radius 3 is 0.974 bits per heavy atom. The van der Waals surface area contributed by atoms with Crippen LogP contribution in [-0.2, 0) is 21.7 Å².